The molecule has 124 valence electrons. The summed E-state index contributed by atoms with van der Waals surface area (Å²) >= 11 is 5.83. The highest BCUT2D eigenvalue weighted by Crippen LogP contribution is 2.30. The van der Waals surface area contributed by atoms with E-state index >= 15 is 0 Å². The van der Waals surface area contributed by atoms with E-state index in [-0.39, 0.29) is 18.1 Å². The molecule has 0 radical (unpaired) electrons. The summed E-state index contributed by atoms with van der Waals surface area (Å²) in [6.07, 6.45) is 3.82. The third-order valence-electron chi connectivity index (χ3n) is 4.15. The van der Waals surface area contributed by atoms with Crippen LogP contribution in [-0.2, 0) is 23.0 Å². The van der Waals surface area contributed by atoms with E-state index in [9.17, 15) is 12.8 Å². The number of nitrogens with zero attached hydrogens (tertiary/aromatic N) is 3. The van der Waals surface area contributed by atoms with Gasteiger partial charge in [-0.2, -0.15) is 9.40 Å². The summed E-state index contributed by atoms with van der Waals surface area (Å²) in [4.78, 5) is 3.83. The molecule has 6 nitrogen and oxygen atoms in total. The Labute approximate surface area is 142 Å². The molecule has 1 aromatic carbocycles. The van der Waals surface area contributed by atoms with E-state index in [1.807, 2.05) is 0 Å². The van der Waals surface area contributed by atoms with Gasteiger partial charge in [0.15, 0.2) is 5.65 Å². The van der Waals surface area contributed by atoms with Crippen LogP contribution < -0.4 is 0 Å². The zero-order chi connectivity index (χ0) is 16.9. The number of nitrogens with one attached hydrogen (secondary N) is 1. The van der Waals surface area contributed by atoms with Crippen molar-refractivity contribution in [2.24, 2.45) is 0 Å². The van der Waals surface area contributed by atoms with Gasteiger partial charge in [-0.05, 0) is 35.7 Å². The first-order valence-electron chi connectivity index (χ1n) is 7.22. The zero-order valence-corrected chi connectivity index (χ0v) is 13.9. The first-order valence-corrected chi connectivity index (χ1v) is 9.03. The highest BCUT2D eigenvalue weighted by atomic mass is 35.5. The van der Waals surface area contributed by atoms with Gasteiger partial charge < -0.3 is 0 Å². The van der Waals surface area contributed by atoms with E-state index in [0.717, 1.165) is 28.6 Å². The van der Waals surface area contributed by atoms with E-state index in [0.29, 0.717) is 12.1 Å². The lowest BCUT2D eigenvalue weighted by Gasteiger charge is -2.28. The molecule has 3 aromatic rings. The van der Waals surface area contributed by atoms with E-state index in [1.54, 1.807) is 12.4 Å². The van der Waals surface area contributed by atoms with Crippen LogP contribution in [0.2, 0.25) is 5.02 Å². The number of fused-ring (bicyclic) bond motifs is 3. The fraction of sp³-hybridized carbons (Fsp3) is 0.200. The maximum atomic E-state index is 14.0. The summed E-state index contributed by atoms with van der Waals surface area (Å²) < 4.78 is 40.8. The number of hydrogen-bond donors (Lipinski definition) is 1. The number of aromatic amines is 1. The lowest BCUT2D eigenvalue weighted by molar-refractivity contribution is 0.389. The van der Waals surface area contributed by atoms with Crippen LogP contribution in [0.4, 0.5) is 4.39 Å². The first kappa shape index (κ1) is 15.5. The lowest BCUT2D eigenvalue weighted by Crippen LogP contribution is -2.36. The Morgan fingerprint density at radius 1 is 1.29 bits per heavy atom. The zero-order valence-electron chi connectivity index (χ0n) is 12.3. The number of aromatic nitrogens is 3. The van der Waals surface area contributed by atoms with E-state index < -0.39 is 20.7 Å². The molecule has 0 aliphatic carbocycles. The normalized spacial score (nSPS) is 15.6. The van der Waals surface area contributed by atoms with Crippen molar-refractivity contribution in [2.75, 3.05) is 6.54 Å². The minimum atomic E-state index is -3.98. The van der Waals surface area contributed by atoms with Crippen LogP contribution in [-0.4, -0.2) is 34.4 Å². The van der Waals surface area contributed by atoms with Gasteiger partial charge in [0.25, 0.3) is 0 Å². The van der Waals surface area contributed by atoms with Crippen LogP contribution in [0.3, 0.4) is 0 Å². The third kappa shape index (κ3) is 2.38. The molecule has 0 amide bonds. The topological polar surface area (TPSA) is 79.0 Å². The van der Waals surface area contributed by atoms with E-state index in [4.69, 9.17) is 11.6 Å². The van der Waals surface area contributed by atoms with Gasteiger partial charge in [0.1, 0.15) is 10.7 Å². The molecule has 0 atom stereocenters. The third-order valence-corrected chi connectivity index (χ3v) is 6.25. The molecule has 1 aliphatic heterocycles. The summed E-state index contributed by atoms with van der Waals surface area (Å²) in [6, 6.07) is 3.52. The quantitative estimate of drug-likeness (QED) is 0.755. The summed E-state index contributed by atoms with van der Waals surface area (Å²) in [5.74, 6) is -0.811. The summed E-state index contributed by atoms with van der Waals surface area (Å²) in [7, 11) is -3.98. The molecule has 0 saturated carbocycles. The maximum absolute atomic E-state index is 14.0. The molecule has 1 N–H and O–H groups in total. The summed E-state index contributed by atoms with van der Waals surface area (Å²) in [5.41, 5.74) is 2.49. The van der Waals surface area contributed by atoms with Crippen LogP contribution in [0, 0.1) is 5.82 Å². The molecule has 4 rings (SSSR count). The Morgan fingerprint density at radius 3 is 2.96 bits per heavy atom. The molecule has 1 aliphatic rings. The molecule has 0 bridgehead atoms. The van der Waals surface area contributed by atoms with E-state index in [2.05, 4.69) is 15.2 Å². The van der Waals surface area contributed by atoms with Crippen LogP contribution in [0.1, 0.15) is 11.1 Å². The largest absolute Gasteiger partial charge is 0.261 e. The molecule has 3 heterocycles. The monoisotopic (exact) mass is 366 g/mol. The van der Waals surface area contributed by atoms with Crippen molar-refractivity contribution in [1.29, 1.82) is 0 Å². The molecule has 0 unspecified atom stereocenters. The van der Waals surface area contributed by atoms with Crippen LogP contribution in [0.25, 0.3) is 11.0 Å². The Balaban J connectivity index is 1.75. The SMILES string of the molecule is O=S(=O)(c1cc(Cl)ccc1F)N1CCc2c(cnc3[nH]ncc23)C1. The van der Waals surface area contributed by atoms with Crippen molar-refractivity contribution >= 4 is 32.7 Å². The lowest BCUT2D eigenvalue weighted by atomic mass is 10.0. The first-order chi connectivity index (χ1) is 11.5. The standard InChI is InChI=1S/C15H12ClFN4O2S/c16-10-1-2-13(17)14(5-10)24(22,23)21-4-3-11-9(8-21)6-18-15-12(11)7-19-20-15/h1-2,5-7H,3-4,8H2,(H,18,19,20). The molecule has 2 aromatic heterocycles. The molecular weight excluding hydrogens is 355 g/mol. The van der Waals surface area contributed by atoms with Gasteiger partial charge in [-0.1, -0.05) is 11.6 Å². The van der Waals surface area contributed by atoms with Crippen molar-refractivity contribution in [3.05, 3.63) is 52.6 Å². The predicted octanol–water partition coefficient (Wildman–Crippen LogP) is 2.50. The Morgan fingerprint density at radius 2 is 2.12 bits per heavy atom. The van der Waals surface area contributed by atoms with Crippen LogP contribution >= 0.6 is 11.6 Å². The molecule has 9 heteroatoms. The smallest absolute Gasteiger partial charge is 0.246 e. The highest BCUT2D eigenvalue weighted by molar-refractivity contribution is 7.89. The number of pyridine rings is 1. The molecular formula is C15H12ClFN4O2S. The maximum Gasteiger partial charge on any atom is 0.246 e. The van der Waals surface area contributed by atoms with Crippen molar-refractivity contribution in [1.82, 2.24) is 19.5 Å². The molecule has 0 spiro atoms. The minimum Gasteiger partial charge on any atom is -0.261 e. The van der Waals surface area contributed by atoms with Gasteiger partial charge in [-0.25, -0.2) is 17.8 Å². The second-order valence-corrected chi connectivity index (χ2v) is 7.90. The average Bonchev–Trinajstić information content (AvgIpc) is 3.05. The Hall–Kier alpha value is -2.03. The Bertz CT molecular complexity index is 1050. The van der Waals surface area contributed by atoms with Gasteiger partial charge in [-0.3, -0.25) is 5.10 Å². The Kier molecular flexibility index (Phi) is 3.56. The molecule has 0 fully saturated rings. The van der Waals surface area contributed by atoms with Crippen molar-refractivity contribution in [2.45, 2.75) is 17.9 Å². The van der Waals surface area contributed by atoms with Gasteiger partial charge in [-0.15, -0.1) is 0 Å². The van der Waals surface area contributed by atoms with Crippen molar-refractivity contribution in [3.8, 4) is 0 Å². The van der Waals surface area contributed by atoms with Gasteiger partial charge in [0, 0.05) is 29.7 Å². The van der Waals surface area contributed by atoms with E-state index in [1.165, 1.54) is 10.4 Å². The predicted molar refractivity (Wildman–Crippen MR) is 86.6 cm³/mol. The van der Waals surface area contributed by atoms with Crippen molar-refractivity contribution in [3.63, 3.8) is 0 Å². The second kappa shape index (κ2) is 5.51. The van der Waals surface area contributed by atoms with Crippen molar-refractivity contribution < 1.29 is 12.8 Å². The number of rotatable bonds is 2. The van der Waals surface area contributed by atoms with Gasteiger partial charge in [0.2, 0.25) is 10.0 Å². The number of halogens is 2. The number of hydrogen-bond acceptors (Lipinski definition) is 4. The number of H-pyrrole nitrogens is 1. The van der Waals surface area contributed by atoms with Crippen LogP contribution in [0.5, 0.6) is 0 Å². The van der Waals surface area contributed by atoms with Gasteiger partial charge >= 0.3 is 0 Å². The fourth-order valence-corrected chi connectivity index (χ4v) is 4.69. The number of sulfonamides is 1. The van der Waals surface area contributed by atoms with Crippen LogP contribution in [0.15, 0.2) is 35.5 Å². The highest BCUT2D eigenvalue weighted by Gasteiger charge is 2.31. The second-order valence-electron chi connectivity index (χ2n) is 5.56. The molecule has 24 heavy (non-hydrogen) atoms. The minimum absolute atomic E-state index is 0.137. The summed E-state index contributed by atoms with van der Waals surface area (Å²) in [6.45, 7) is 0.392. The number of benzene rings is 1. The molecule has 0 saturated heterocycles. The summed E-state index contributed by atoms with van der Waals surface area (Å²) in [5, 5.41) is 7.82. The van der Waals surface area contributed by atoms with Gasteiger partial charge in [0.05, 0.1) is 6.20 Å². The fourth-order valence-electron chi connectivity index (χ4n) is 2.95. The average molecular weight is 367 g/mol.